The molecule has 1 aliphatic heterocycles. The molecule has 0 spiro atoms. The third kappa shape index (κ3) is 4.45. The Morgan fingerprint density at radius 2 is 2.04 bits per heavy atom. The molecule has 1 unspecified atom stereocenters. The zero-order valence-corrected chi connectivity index (χ0v) is 16.5. The highest BCUT2D eigenvalue weighted by Crippen LogP contribution is 2.32. The summed E-state index contributed by atoms with van der Waals surface area (Å²) in [6.45, 7) is 13.8. The first-order valence-corrected chi connectivity index (χ1v) is 9.31. The van der Waals surface area contributed by atoms with Crippen molar-refractivity contribution in [3.8, 4) is 11.1 Å². The number of anilines is 1. The lowest BCUT2D eigenvalue weighted by molar-refractivity contribution is 0.186. The molecule has 27 heavy (non-hydrogen) atoms. The standard InChI is InChI=1S/C23H28FN3/c1-16(2)17(3)21-11-19(6-7-22(21)25-5)20-10-18(12-26-13-20)14-27-9-8-23(4,24)15-27/h6-7,10-13,25H,1,3,8-9,14-15H2,2,4-5H3. The van der Waals surface area contributed by atoms with Gasteiger partial charge in [0, 0.05) is 55.9 Å². The summed E-state index contributed by atoms with van der Waals surface area (Å²) in [6, 6.07) is 8.40. The number of aromatic nitrogens is 1. The fourth-order valence-electron chi connectivity index (χ4n) is 3.56. The predicted octanol–water partition coefficient (Wildman–Crippen LogP) is 5.31. The summed E-state index contributed by atoms with van der Waals surface area (Å²) in [6.07, 6.45) is 4.33. The normalized spacial score (nSPS) is 19.9. The van der Waals surface area contributed by atoms with Crippen molar-refractivity contribution in [2.75, 3.05) is 25.5 Å². The van der Waals surface area contributed by atoms with Gasteiger partial charge < -0.3 is 5.32 Å². The van der Waals surface area contributed by atoms with E-state index in [0.717, 1.165) is 52.2 Å². The van der Waals surface area contributed by atoms with Crippen molar-refractivity contribution in [2.45, 2.75) is 32.5 Å². The Bertz CT molecular complexity index is 870. The number of alkyl halides is 1. The molecule has 1 aromatic carbocycles. The molecule has 0 aliphatic carbocycles. The van der Waals surface area contributed by atoms with Crippen molar-refractivity contribution in [1.29, 1.82) is 0 Å². The van der Waals surface area contributed by atoms with Gasteiger partial charge in [-0.25, -0.2) is 4.39 Å². The molecule has 0 bridgehead atoms. The molecular weight excluding hydrogens is 337 g/mol. The fourth-order valence-corrected chi connectivity index (χ4v) is 3.56. The largest absolute Gasteiger partial charge is 0.388 e. The van der Waals surface area contributed by atoms with Crippen molar-refractivity contribution in [3.63, 3.8) is 0 Å². The Kier molecular flexibility index (Phi) is 5.47. The van der Waals surface area contributed by atoms with Gasteiger partial charge >= 0.3 is 0 Å². The molecule has 3 rings (SSSR count). The number of nitrogens with one attached hydrogen (secondary N) is 1. The Morgan fingerprint density at radius 3 is 2.67 bits per heavy atom. The maximum Gasteiger partial charge on any atom is 0.122 e. The second-order valence-corrected chi connectivity index (χ2v) is 7.73. The molecule has 0 amide bonds. The molecule has 0 saturated carbocycles. The van der Waals surface area contributed by atoms with Crippen LogP contribution in [0.1, 0.15) is 31.4 Å². The van der Waals surface area contributed by atoms with Crippen LogP contribution in [0.5, 0.6) is 0 Å². The minimum absolute atomic E-state index is 0.483. The first-order valence-electron chi connectivity index (χ1n) is 9.31. The minimum atomic E-state index is -1.08. The molecule has 1 atom stereocenters. The van der Waals surface area contributed by atoms with Crippen molar-refractivity contribution in [3.05, 3.63) is 66.5 Å². The predicted molar refractivity (Wildman–Crippen MR) is 112 cm³/mol. The van der Waals surface area contributed by atoms with E-state index in [1.54, 1.807) is 6.92 Å². The molecule has 3 nitrogen and oxygen atoms in total. The first-order chi connectivity index (χ1) is 12.8. The van der Waals surface area contributed by atoms with Crippen LogP contribution in [-0.2, 0) is 6.54 Å². The summed E-state index contributed by atoms with van der Waals surface area (Å²) in [7, 11) is 1.90. The van der Waals surface area contributed by atoms with Crippen LogP contribution in [0.15, 0.2) is 55.4 Å². The van der Waals surface area contributed by atoms with Gasteiger partial charge in [0.1, 0.15) is 5.67 Å². The van der Waals surface area contributed by atoms with E-state index in [9.17, 15) is 4.39 Å². The van der Waals surface area contributed by atoms with E-state index in [-0.39, 0.29) is 0 Å². The Morgan fingerprint density at radius 1 is 1.26 bits per heavy atom. The second kappa shape index (κ2) is 7.65. The van der Waals surface area contributed by atoms with Crippen molar-refractivity contribution < 1.29 is 4.39 Å². The minimum Gasteiger partial charge on any atom is -0.388 e. The molecule has 2 heterocycles. The van der Waals surface area contributed by atoms with E-state index in [2.05, 4.69) is 52.6 Å². The smallest absolute Gasteiger partial charge is 0.122 e. The van der Waals surface area contributed by atoms with E-state index in [0.29, 0.717) is 13.0 Å². The molecule has 2 aromatic rings. The lowest BCUT2D eigenvalue weighted by Gasteiger charge is -2.18. The topological polar surface area (TPSA) is 28.2 Å². The van der Waals surface area contributed by atoms with Gasteiger partial charge in [-0.3, -0.25) is 9.88 Å². The van der Waals surface area contributed by atoms with E-state index in [4.69, 9.17) is 0 Å². The van der Waals surface area contributed by atoms with Crippen LogP contribution in [0.3, 0.4) is 0 Å². The Balaban J connectivity index is 1.87. The molecule has 4 heteroatoms. The number of rotatable bonds is 6. The average Bonchev–Trinajstić information content (AvgIpc) is 2.99. The summed E-state index contributed by atoms with van der Waals surface area (Å²) in [5, 5.41) is 3.22. The molecular formula is C23H28FN3. The number of benzene rings is 1. The van der Waals surface area contributed by atoms with Gasteiger partial charge in [-0.2, -0.15) is 0 Å². The summed E-state index contributed by atoms with van der Waals surface area (Å²) in [4.78, 5) is 6.57. The molecule has 142 valence electrons. The Hall–Kier alpha value is -2.46. The Labute approximate surface area is 161 Å². The number of hydrogen-bond acceptors (Lipinski definition) is 3. The van der Waals surface area contributed by atoms with Crippen LogP contribution in [0.2, 0.25) is 0 Å². The highest BCUT2D eigenvalue weighted by Gasteiger charge is 2.33. The highest BCUT2D eigenvalue weighted by molar-refractivity contribution is 5.86. The number of halogens is 1. The van der Waals surface area contributed by atoms with Gasteiger partial charge in [-0.15, -0.1) is 0 Å². The number of hydrogen-bond donors (Lipinski definition) is 1. The van der Waals surface area contributed by atoms with Gasteiger partial charge in [0.05, 0.1) is 0 Å². The zero-order chi connectivity index (χ0) is 19.6. The van der Waals surface area contributed by atoms with E-state index >= 15 is 0 Å². The molecule has 1 saturated heterocycles. The molecule has 1 N–H and O–H groups in total. The van der Waals surface area contributed by atoms with Gasteiger partial charge in [0.25, 0.3) is 0 Å². The van der Waals surface area contributed by atoms with Crippen LogP contribution in [0.25, 0.3) is 16.7 Å². The number of allylic oxidation sites excluding steroid dienone is 2. The third-order valence-electron chi connectivity index (χ3n) is 5.17. The SMILES string of the molecule is C=C(C)C(=C)c1cc(-c2cncc(CN3CCC(C)(F)C3)c2)ccc1NC. The van der Waals surface area contributed by atoms with Gasteiger partial charge in [-0.05, 0) is 55.2 Å². The second-order valence-electron chi connectivity index (χ2n) is 7.73. The quantitative estimate of drug-likeness (QED) is 0.703. The third-order valence-corrected chi connectivity index (χ3v) is 5.17. The fraction of sp³-hybridized carbons (Fsp3) is 0.348. The van der Waals surface area contributed by atoms with Crippen LogP contribution in [0.4, 0.5) is 10.1 Å². The van der Waals surface area contributed by atoms with Gasteiger partial charge in [-0.1, -0.05) is 24.8 Å². The van der Waals surface area contributed by atoms with Gasteiger partial charge in [0.15, 0.2) is 0 Å². The molecule has 1 fully saturated rings. The number of nitrogens with zero attached hydrogens (tertiary/aromatic N) is 2. The van der Waals surface area contributed by atoms with E-state index in [1.165, 1.54) is 0 Å². The number of pyridine rings is 1. The lowest BCUT2D eigenvalue weighted by Crippen LogP contribution is -2.25. The molecule has 0 radical (unpaired) electrons. The van der Waals surface area contributed by atoms with Crippen LogP contribution in [0, 0.1) is 0 Å². The lowest BCUT2D eigenvalue weighted by atomic mass is 9.95. The van der Waals surface area contributed by atoms with E-state index in [1.807, 2.05) is 26.4 Å². The van der Waals surface area contributed by atoms with Crippen LogP contribution < -0.4 is 5.32 Å². The highest BCUT2D eigenvalue weighted by atomic mass is 19.1. The summed E-state index contributed by atoms with van der Waals surface area (Å²) in [5.41, 5.74) is 6.08. The van der Waals surface area contributed by atoms with Crippen molar-refractivity contribution in [2.24, 2.45) is 0 Å². The van der Waals surface area contributed by atoms with E-state index < -0.39 is 5.67 Å². The van der Waals surface area contributed by atoms with Crippen LogP contribution in [-0.4, -0.2) is 35.7 Å². The van der Waals surface area contributed by atoms with Crippen molar-refractivity contribution >= 4 is 11.3 Å². The van der Waals surface area contributed by atoms with Crippen molar-refractivity contribution in [1.82, 2.24) is 9.88 Å². The summed E-state index contributed by atoms with van der Waals surface area (Å²) in [5.74, 6) is 0. The summed E-state index contributed by atoms with van der Waals surface area (Å²) < 4.78 is 14.1. The monoisotopic (exact) mass is 365 g/mol. The number of likely N-dealkylation sites (tertiary alicyclic amines) is 1. The van der Waals surface area contributed by atoms with Crippen LogP contribution >= 0.6 is 0 Å². The summed E-state index contributed by atoms with van der Waals surface area (Å²) >= 11 is 0. The average molecular weight is 365 g/mol. The molecule has 1 aliphatic rings. The first kappa shape index (κ1) is 19.3. The maximum atomic E-state index is 14.1. The maximum absolute atomic E-state index is 14.1. The zero-order valence-electron chi connectivity index (χ0n) is 16.5. The van der Waals surface area contributed by atoms with Gasteiger partial charge in [0.2, 0.25) is 0 Å². The molecule has 1 aromatic heterocycles.